The third kappa shape index (κ3) is 4.22. The number of nitrogens with zero attached hydrogens (tertiary/aromatic N) is 4. The summed E-state index contributed by atoms with van der Waals surface area (Å²) in [6.45, 7) is 1.08. The molecule has 0 unspecified atom stereocenters. The maximum Gasteiger partial charge on any atom is 0.254 e. The summed E-state index contributed by atoms with van der Waals surface area (Å²) in [5.41, 5.74) is 3.04. The molecule has 1 aliphatic heterocycles. The Balaban J connectivity index is 1.47. The number of carbonyl (C=O) groups is 2. The van der Waals surface area contributed by atoms with Crippen LogP contribution >= 0.6 is 0 Å². The van der Waals surface area contributed by atoms with Crippen LogP contribution in [0.2, 0.25) is 0 Å². The topological polar surface area (TPSA) is 80.1 Å². The van der Waals surface area contributed by atoms with Gasteiger partial charge in [0.25, 0.3) is 5.91 Å². The smallest absolute Gasteiger partial charge is 0.254 e. The molecule has 0 radical (unpaired) electrons. The van der Waals surface area contributed by atoms with Crippen molar-refractivity contribution in [1.29, 1.82) is 0 Å². The molecule has 1 aliphatic rings. The number of carbonyl (C=O) groups excluding carboxylic acids is 2. The molecule has 0 saturated heterocycles. The van der Waals surface area contributed by atoms with Crippen LogP contribution in [0.5, 0.6) is 0 Å². The van der Waals surface area contributed by atoms with Crippen LogP contribution in [0, 0.1) is 5.82 Å². The lowest BCUT2D eigenvalue weighted by molar-refractivity contribution is -0.123. The van der Waals surface area contributed by atoms with Crippen molar-refractivity contribution in [3.05, 3.63) is 83.2 Å². The van der Waals surface area contributed by atoms with Crippen molar-refractivity contribution >= 4 is 11.8 Å². The van der Waals surface area contributed by atoms with Gasteiger partial charge in [0.05, 0.1) is 11.6 Å². The Labute approximate surface area is 173 Å². The minimum atomic E-state index is -0.547. The first-order chi connectivity index (χ1) is 14.5. The summed E-state index contributed by atoms with van der Waals surface area (Å²) in [7, 11) is 1.80. The second kappa shape index (κ2) is 8.44. The van der Waals surface area contributed by atoms with E-state index in [1.807, 2.05) is 6.20 Å². The predicted octanol–water partition coefficient (Wildman–Crippen LogP) is 2.05. The van der Waals surface area contributed by atoms with E-state index in [2.05, 4.69) is 15.4 Å². The summed E-state index contributed by atoms with van der Waals surface area (Å²) < 4.78 is 14.7. The molecule has 30 heavy (non-hydrogen) atoms. The Bertz CT molecular complexity index is 1050. The van der Waals surface area contributed by atoms with Gasteiger partial charge in [-0.3, -0.25) is 19.3 Å². The first kappa shape index (κ1) is 19.8. The van der Waals surface area contributed by atoms with Crippen molar-refractivity contribution in [2.45, 2.75) is 18.9 Å². The molecule has 8 heteroatoms. The van der Waals surface area contributed by atoms with E-state index in [4.69, 9.17) is 0 Å². The van der Waals surface area contributed by atoms with Crippen molar-refractivity contribution < 1.29 is 14.0 Å². The second-order valence-corrected chi connectivity index (χ2v) is 7.35. The van der Waals surface area contributed by atoms with Crippen molar-refractivity contribution in [2.75, 3.05) is 13.1 Å². The standard InChI is InChI=1S/C22H22FN5O2/c1-27-12-17-13-28(22(30)16-7-9-24-10-8-16)14-19(20(17)26-27)21(29)25-11-6-15-2-4-18(23)5-3-15/h2-5,7-10,12,19H,6,11,13-14H2,1H3,(H,25,29)/t19-/m1/s1. The van der Waals surface area contributed by atoms with Crippen molar-refractivity contribution in [3.63, 3.8) is 0 Å². The molecule has 1 N–H and O–H groups in total. The highest BCUT2D eigenvalue weighted by Crippen LogP contribution is 2.28. The molecule has 7 nitrogen and oxygen atoms in total. The Morgan fingerprint density at radius 1 is 1.17 bits per heavy atom. The van der Waals surface area contributed by atoms with Crippen LogP contribution in [0.25, 0.3) is 0 Å². The number of hydrogen-bond donors (Lipinski definition) is 1. The summed E-state index contributed by atoms with van der Waals surface area (Å²) in [6.07, 6.45) is 5.59. The average Bonchev–Trinajstić information content (AvgIpc) is 3.14. The SMILES string of the molecule is Cn1cc2c(n1)[C@H](C(=O)NCCc1ccc(F)cc1)CN(C(=O)c1ccncc1)C2. The number of fused-ring (bicyclic) bond motifs is 1. The van der Waals surface area contributed by atoms with Crippen molar-refractivity contribution in [1.82, 2.24) is 25.0 Å². The molecular weight excluding hydrogens is 385 g/mol. The molecule has 2 amide bonds. The highest BCUT2D eigenvalue weighted by molar-refractivity contribution is 5.95. The minimum absolute atomic E-state index is 0.143. The highest BCUT2D eigenvalue weighted by Gasteiger charge is 2.35. The minimum Gasteiger partial charge on any atom is -0.355 e. The lowest BCUT2D eigenvalue weighted by Crippen LogP contribution is -2.44. The van der Waals surface area contributed by atoms with Gasteiger partial charge in [-0.15, -0.1) is 0 Å². The zero-order chi connectivity index (χ0) is 21.1. The van der Waals surface area contributed by atoms with E-state index >= 15 is 0 Å². The lowest BCUT2D eigenvalue weighted by Gasteiger charge is -2.31. The number of benzene rings is 1. The number of nitrogens with one attached hydrogen (secondary N) is 1. The van der Waals surface area contributed by atoms with Gasteiger partial charge >= 0.3 is 0 Å². The van der Waals surface area contributed by atoms with Gasteiger partial charge < -0.3 is 10.2 Å². The highest BCUT2D eigenvalue weighted by atomic mass is 19.1. The fourth-order valence-corrected chi connectivity index (χ4v) is 3.69. The van der Waals surface area contributed by atoms with Crippen LogP contribution in [0.15, 0.2) is 55.0 Å². The van der Waals surface area contributed by atoms with E-state index in [1.165, 1.54) is 12.1 Å². The maximum absolute atomic E-state index is 13.0. The van der Waals surface area contributed by atoms with Gasteiger partial charge in [0.1, 0.15) is 5.82 Å². The van der Waals surface area contributed by atoms with Gasteiger partial charge in [-0.1, -0.05) is 12.1 Å². The Morgan fingerprint density at radius 3 is 2.63 bits per heavy atom. The van der Waals surface area contributed by atoms with Gasteiger partial charge in [0.15, 0.2) is 0 Å². The van der Waals surface area contributed by atoms with Crippen LogP contribution in [0.3, 0.4) is 0 Å². The summed E-state index contributed by atoms with van der Waals surface area (Å²) in [4.78, 5) is 31.5. The first-order valence-corrected chi connectivity index (χ1v) is 9.75. The number of aromatic nitrogens is 3. The van der Waals surface area contributed by atoms with E-state index in [1.54, 1.807) is 53.3 Å². The first-order valence-electron chi connectivity index (χ1n) is 9.75. The molecular formula is C22H22FN5O2. The number of rotatable bonds is 5. The molecule has 3 aromatic rings. The van der Waals surface area contributed by atoms with Crippen LogP contribution in [-0.2, 0) is 24.8 Å². The molecule has 3 heterocycles. The molecule has 0 aliphatic carbocycles. The number of amides is 2. The van der Waals surface area contributed by atoms with E-state index in [0.717, 1.165) is 11.1 Å². The molecule has 0 bridgehead atoms. The molecule has 2 aromatic heterocycles. The normalized spacial score (nSPS) is 15.5. The second-order valence-electron chi connectivity index (χ2n) is 7.35. The van der Waals surface area contributed by atoms with Crippen molar-refractivity contribution in [3.8, 4) is 0 Å². The van der Waals surface area contributed by atoms with Crippen LogP contribution in [0.1, 0.15) is 33.1 Å². The maximum atomic E-state index is 13.0. The monoisotopic (exact) mass is 407 g/mol. The average molecular weight is 407 g/mol. The molecule has 0 spiro atoms. The van der Waals surface area contributed by atoms with Gasteiger partial charge in [-0.05, 0) is 36.2 Å². The summed E-state index contributed by atoms with van der Waals surface area (Å²) in [5, 5.41) is 7.40. The zero-order valence-corrected chi connectivity index (χ0v) is 16.6. The van der Waals surface area contributed by atoms with Crippen LogP contribution in [0.4, 0.5) is 4.39 Å². The number of halogens is 1. The number of hydrogen-bond acceptors (Lipinski definition) is 4. The van der Waals surface area contributed by atoms with Gasteiger partial charge in [0.2, 0.25) is 5.91 Å². The van der Waals surface area contributed by atoms with Gasteiger partial charge in [-0.2, -0.15) is 5.10 Å². The summed E-state index contributed by atoms with van der Waals surface area (Å²) in [6, 6.07) is 9.54. The Morgan fingerprint density at radius 2 is 1.90 bits per heavy atom. The zero-order valence-electron chi connectivity index (χ0n) is 16.6. The molecule has 154 valence electrons. The third-order valence-corrected chi connectivity index (χ3v) is 5.19. The van der Waals surface area contributed by atoms with Crippen molar-refractivity contribution in [2.24, 2.45) is 7.05 Å². The van der Waals surface area contributed by atoms with Gasteiger partial charge in [-0.25, -0.2) is 4.39 Å². The van der Waals surface area contributed by atoms with E-state index < -0.39 is 5.92 Å². The number of pyridine rings is 1. The van der Waals surface area contributed by atoms with E-state index in [0.29, 0.717) is 30.8 Å². The van der Waals surface area contributed by atoms with E-state index in [-0.39, 0.29) is 24.2 Å². The predicted molar refractivity (Wildman–Crippen MR) is 108 cm³/mol. The fraction of sp³-hybridized carbons (Fsp3) is 0.273. The van der Waals surface area contributed by atoms with Crippen LogP contribution in [-0.4, -0.2) is 44.6 Å². The van der Waals surface area contributed by atoms with Crippen LogP contribution < -0.4 is 5.32 Å². The number of aryl methyl sites for hydroxylation is 1. The lowest BCUT2D eigenvalue weighted by atomic mass is 9.95. The fourth-order valence-electron chi connectivity index (χ4n) is 3.69. The molecule has 1 atom stereocenters. The quantitative estimate of drug-likeness (QED) is 0.702. The molecule has 4 rings (SSSR count). The summed E-state index contributed by atoms with van der Waals surface area (Å²) >= 11 is 0. The summed E-state index contributed by atoms with van der Waals surface area (Å²) in [5.74, 6) is -1.15. The van der Waals surface area contributed by atoms with Gasteiger partial charge in [0, 0.05) is 56.4 Å². The Kier molecular flexibility index (Phi) is 5.56. The molecule has 1 aromatic carbocycles. The van der Waals surface area contributed by atoms with E-state index in [9.17, 15) is 14.0 Å². The Hall–Kier alpha value is -3.55. The third-order valence-electron chi connectivity index (χ3n) is 5.19. The largest absolute Gasteiger partial charge is 0.355 e. The molecule has 0 fully saturated rings. The molecule has 0 saturated carbocycles.